The first-order valence-electron chi connectivity index (χ1n) is 13.7. The van der Waals surface area contributed by atoms with Crippen molar-refractivity contribution in [3.05, 3.63) is 11.1 Å². The molecule has 5 aliphatic carbocycles. The van der Waals surface area contributed by atoms with Crippen molar-refractivity contribution in [1.29, 1.82) is 0 Å². The fraction of sp³-hybridized carbons (Fsp3) is 0.933. The van der Waals surface area contributed by atoms with E-state index in [2.05, 4.69) is 55.4 Å². The molecule has 32 heavy (non-hydrogen) atoms. The van der Waals surface area contributed by atoms with Crippen LogP contribution in [0.25, 0.3) is 0 Å². The summed E-state index contributed by atoms with van der Waals surface area (Å²) in [5, 5.41) is 22.9. The minimum atomic E-state index is -0.248. The normalized spacial score (nSPS) is 54.2. The third-order valence-corrected chi connectivity index (χ3v) is 12.9. The third-order valence-electron chi connectivity index (χ3n) is 12.9. The molecule has 0 heterocycles. The molecule has 0 bridgehead atoms. The summed E-state index contributed by atoms with van der Waals surface area (Å²) in [7, 11) is 0. The van der Waals surface area contributed by atoms with Gasteiger partial charge in [-0.2, -0.15) is 0 Å². The van der Waals surface area contributed by atoms with E-state index >= 15 is 0 Å². The molecule has 2 heteroatoms. The lowest BCUT2D eigenvalue weighted by molar-refractivity contribution is -0.232. The van der Waals surface area contributed by atoms with E-state index in [1.165, 1.54) is 44.9 Å². The van der Waals surface area contributed by atoms with E-state index in [4.69, 9.17) is 0 Å². The lowest BCUT2D eigenvalue weighted by atomic mass is 9.33. The Morgan fingerprint density at radius 3 is 2.06 bits per heavy atom. The van der Waals surface area contributed by atoms with Gasteiger partial charge in [-0.1, -0.05) is 66.5 Å². The lowest BCUT2D eigenvalue weighted by Gasteiger charge is -2.71. The lowest BCUT2D eigenvalue weighted by Crippen LogP contribution is -2.67. The molecule has 0 saturated heterocycles. The zero-order valence-electron chi connectivity index (χ0n) is 22.3. The van der Waals surface area contributed by atoms with Crippen LogP contribution in [0.5, 0.6) is 0 Å². The van der Waals surface area contributed by atoms with E-state index < -0.39 is 0 Å². The standard InChI is InChI=1S/C30H50O2/c1-25(2)13-14-27(5)15-16-29(7)19(20(27)18-25)17-21(31)24-28(6)11-10-23(32)26(3,4)22(28)9-12-30(24,29)8/h21-24,31-32H,9-18H2,1-8H3/t21-,22+,23+,24-,27-,28+,29-,30-/m1/s1. The van der Waals surface area contributed by atoms with Gasteiger partial charge in [0.25, 0.3) is 0 Å². The zero-order chi connectivity index (χ0) is 23.5. The fourth-order valence-electron chi connectivity index (χ4n) is 10.6. The van der Waals surface area contributed by atoms with E-state index in [9.17, 15) is 10.2 Å². The second-order valence-electron chi connectivity index (χ2n) is 15.3. The molecule has 2 N–H and O–H groups in total. The van der Waals surface area contributed by atoms with Crippen molar-refractivity contribution in [2.45, 2.75) is 132 Å². The Morgan fingerprint density at radius 1 is 0.719 bits per heavy atom. The van der Waals surface area contributed by atoms with E-state index in [0.29, 0.717) is 22.7 Å². The topological polar surface area (TPSA) is 40.5 Å². The van der Waals surface area contributed by atoms with Gasteiger partial charge in [0, 0.05) is 0 Å². The molecule has 8 atom stereocenters. The van der Waals surface area contributed by atoms with Crippen LogP contribution >= 0.6 is 0 Å². The Balaban J connectivity index is 1.63. The van der Waals surface area contributed by atoms with Crippen LogP contribution in [0.3, 0.4) is 0 Å². The van der Waals surface area contributed by atoms with Crippen molar-refractivity contribution in [2.75, 3.05) is 0 Å². The number of fused-ring (bicyclic) bond motifs is 6. The van der Waals surface area contributed by atoms with Crippen LogP contribution < -0.4 is 0 Å². The summed E-state index contributed by atoms with van der Waals surface area (Å²) in [5.74, 6) is 0.822. The maximum atomic E-state index is 12.0. The summed E-state index contributed by atoms with van der Waals surface area (Å²) in [6, 6.07) is 0. The molecule has 0 radical (unpaired) electrons. The maximum absolute atomic E-state index is 12.0. The molecular weight excluding hydrogens is 392 g/mol. The zero-order valence-corrected chi connectivity index (χ0v) is 22.3. The van der Waals surface area contributed by atoms with Crippen molar-refractivity contribution in [3.63, 3.8) is 0 Å². The first-order valence-corrected chi connectivity index (χ1v) is 13.7. The summed E-state index contributed by atoms with van der Waals surface area (Å²) >= 11 is 0. The third kappa shape index (κ3) is 2.78. The molecule has 0 spiro atoms. The molecule has 2 nitrogen and oxygen atoms in total. The predicted octanol–water partition coefficient (Wildman–Crippen LogP) is 7.28. The summed E-state index contributed by atoms with van der Waals surface area (Å²) in [5.41, 5.74) is 4.54. The van der Waals surface area contributed by atoms with Gasteiger partial charge in [-0.15, -0.1) is 0 Å². The summed E-state index contributed by atoms with van der Waals surface area (Å²) in [6.45, 7) is 19.7. The molecule has 0 aliphatic heterocycles. The van der Waals surface area contributed by atoms with Gasteiger partial charge in [0.15, 0.2) is 0 Å². The van der Waals surface area contributed by atoms with Crippen molar-refractivity contribution >= 4 is 0 Å². The Hall–Kier alpha value is -0.340. The smallest absolute Gasteiger partial charge is 0.0616 e. The van der Waals surface area contributed by atoms with E-state index in [-0.39, 0.29) is 33.9 Å². The molecule has 4 saturated carbocycles. The van der Waals surface area contributed by atoms with Crippen LogP contribution in [-0.4, -0.2) is 22.4 Å². The number of hydrogen-bond donors (Lipinski definition) is 2. The highest BCUT2D eigenvalue weighted by Gasteiger charge is 2.69. The van der Waals surface area contributed by atoms with Crippen LogP contribution in [0.15, 0.2) is 11.1 Å². The average molecular weight is 443 g/mol. The number of aliphatic hydroxyl groups is 2. The van der Waals surface area contributed by atoms with Crippen LogP contribution in [0, 0.1) is 44.3 Å². The summed E-state index contributed by atoms with van der Waals surface area (Å²) in [6.07, 6.45) is 11.2. The fourth-order valence-corrected chi connectivity index (χ4v) is 10.6. The van der Waals surface area contributed by atoms with Gasteiger partial charge in [-0.25, -0.2) is 0 Å². The Kier molecular flexibility index (Phi) is 4.87. The number of hydrogen-bond acceptors (Lipinski definition) is 2. The van der Waals surface area contributed by atoms with Crippen LogP contribution in [0.4, 0.5) is 0 Å². The molecule has 0 aromatic rings. The van der Waals surface area contributed by atoms with Crippen molar-refractivity contribution in [1.82, 2.24) is 0 Å². The first-order chi connectivity index (χ1) is 14.6. The quantitative estimate of drug-likeness (QED) is 0.387. The van der Waals surface area contributed by atoms with Gasteiger partial charge in [0.2, 0.25) is 0 Å². The van der Waals surface area contributed by atoms with E-state index in [1.807, 2.05) is 0 Å². The molecule has 4 fully saturated rings. The molecule has 0 aromatic carbocycles. The monoisotopic (exact) mass is 442 g/mol. The second kappa shape index (κ2) is 6.66. The van der Waals surface area contributed by atoms with Crippen LogP contribution in [-0.2, 0) is 0 Å². The minimum absolute atomic E-state index is 0.0633. The first kappa shape index (κ1) is 23.4. The molecule has 182 valence electrons. The van der Waals surface area contributed by atoms with E-state index in [1.54, 1.807) is 11.1 Å². The van der Waals surface area contributed by atoms with Crippen molar-refractivity contribution < 1.29 is 10.2 Å². The molecule has 5 rings (SSSR count). The number of aliphatic hydroxyl groups excluding tert-OH is 2. The molecule has 5 aliphatic rings. The van der Waals surface area contributed by atoms with Crippen LogP contribution in [0.1, 0.15) is 120 Å². The molecule has 0 unspecified atom stereocenters. The van der Waals surface area contributed by atoms with Gasteiger partial charge in [0.1, 0.15) is 0 Å². The second-order valence-corrected chi connectivity index (χ2v) is 15.3. The SMILES string of the molecule is CC1(C)CC[C@]2(C)CC[C@]3(C)C(=C2C1)C[C@@H](O)[C@@H]1[C@@]2(C)CC[C@H](O)C(C)(C)[C@@H]2CC[C@]13C. The predicted molar refractivity (Wildman–Crippen MR) is 132 cm³/mol. The van der Waals surface area contributed by atoms with Gasteiger partial charge >= 0.3 is 0 Å². The number of allylic oxidation sites excluding steroid dienone is 1. The van der Waals surface area contributed by atoms with Gasteiger partial charge in [-0.05, 0) is 109 Å². The minimum Gasteiger partial charge on any atom is -0.393 e. The highest BCUT2D eigenvalue weighted by molar-refractivity contribution is 5.39. The Bertz CT molecular complexity index is 838. The largest absolute Gasteiger partial charge is 0.393 e. The average Bonchev–Trinajstić information content (AvgIpc) is 2.68. The van der Waals surface area contributed by atoms with Gasteiger partial charge in [0.05, 0.1) is 12.2 Å². The van der Waals surface area contributed by atoms with Crippen molar-refractivity contribution in [3.8, 4) is 0 Å². The molecule has 0 aromatic heterocycles. The molecular formula is C30H50O2. The van der Waals surface area contributed by atoms with Crippen molar-refractivity contribution in [2.24, 2.45) is 44.3 Å². The van der Waals surface area contributed by atoms with Gasteiger partial charge in [-0.3, -0.25) is 0 Å². The summed E-state index contributed by atoms with van der Waals surface area (Å²) < 4.78 is 0. The maximum Gasteiger partial charge on any atom is 0.0616 e. The van der Waals surface area contributed by atoms with E-state index in [0.717, 1.165) is 19.3 Å². The highest BCUT2D eigenvalue weighted by atomic mass is 16.3. The Morgan fingerprint density at radius 2 is 1.38 bits per heavy atom. The van der Waals surface area contributed by atoms with Crippen LogP contribution in [0.2, 0.25) is 0 Å². The number of rotatable bonds is 0. The van der Waals surface area contributed by atoms with Gasteiger partial charge < -0.3 is 10.2 Å². The molecule has 0 amide bonds. The summed E-state index contributed by atoms with van der Waals surface area (Å²) in [4.78, 5) is 0. The Labute approximate surface area is 197 Å². The highest BCUT2D eigenvalue weighted by Crippen LogP contribution is 2.75.